The molecule has 0 radical (unpaired) electrons. The standard InChI is InChI=1S/C12H9ClN4O3/c1-16(8-2-4-9(5-3-8)17(19)20)12(18)10-6-14-7-11(13)15-10/h2-7H,1H3. The Morgan fingerprint density at radius 2 is 1.95 bits per heavy atom. The van der Waals surface area contributed by atoms with Crippen molar-refractivity contribution in [3.63, 3.8) is 0 Å². The van der Waals surface area contributed by atoms with Gasteiger partial charge in [-0.05, 0) is 12.1 Å². The second kappa shape index (κ2) is 5.62. The Labute approximate surface area is 119 Å². The predicted octanol–water partition coefficient (Wildman–Crippen LogP) is 2.31. The second-order valence-corrected chi connectivity index (χ2v) is 4.25. The molecule has 0 aliphatic carbocycles. The van der Waals surface area contributed by atoms with Crippen LogP contribution in [0.25, 0.3) is 0 Å². The lowest BCUT2D eigenvalue weighted by Gasteiger charge is -2.16. The summed E-state index contributed by atoms with van der Waals surface area (Å²) in [5.74, 6) is -0.408. The maximum Gasteiger partial charge on any atom is 0.278 e. The normalized spacial score (nSPS) is 10.1. The molecule has 2 aromatic rings. The molecule has 102 valence electrons. The first kappa shape index (κ1) is 13.9. The lowest BCUT2D eigenvalue weighted by molar-refractivity contribution is -0.384. The smallest absolute Gasteiger partial charge is 0.278 e. The molecule has 0 aliphatic heterocycles. The highest BCUT2D eigenvalue weighted by atomic mass is 35.5. The Hall–Kier alpha value is -2.54. The molecule has 0 fully saturated rings. The molecule has 1 heterocycles. The van der Waals surface area contributed by atoms with E-state index in [0.29, 0.717) is 5.69 Å². The van der Waals surface area contributed by atoms with Crippen LogP contribution in [0, 0.1) is 10.1 Å². The summed E-state index contributed by atoms with van der Waals surface area (Å²) in [6, 6.07) is 5.60. The molecule has 1 aromatic carbocycles. The monoisotopic (exact) mass is 292 g/mol. The molecule has 0 spiro atoms. The Morgan fingerprint density at radius 3 is 2.50 bits per heavy atom. The average Bonchev–Trinajstić information content (AvgIpc) is 2.46. The van der Waals surface area contributed by atoms with E-state index >= 15 is 0 Å². The van der Waals surface area contributed by atoms with E-state index in [0.717, 1.165) is 0 Å². The molecule has 2 rings (SSSR count). The van der Waals surface area contributed by atoms with Gasteiger partial charge in [0.1, 0.15) is 10.8 Å². The van der Waals surface area contributed by atoms with Crippen LogP contribution in [-0.2, 0) is 0 Å². The van der Waals surface area contributed by atoms with Crippen molar-refractivity contribution in [1.29, 1.82) is 0 Å². The van der Waals surface area contributed by atoms with Crippen LogP contribution in [0.3, 0.4) is 0 Å². The minimum Gasteiger partial charge on any atom is -0.310 e. The van der Waals surface area contributed by atoms with Gasteiger partial charge in [0.25, 0.3) is 11.6 Å². The summed E-state index contributed by atoms with van der Waals surface area (Å²) in [7, 11) is 1.53. The molecule has 0 unspecified atom stereocenters. The fourth-order valence-corrected chi connectivity index (χ4v) is 1.68. The summed E-state index contributed by atoms with van der Waals surface area (Å²) in [5, 5.41) is 10.7. The van der Waals surface area contributed by atoms with Gasteiger partial charge in [0.15, 0.2) is 0 Å². The molecule has 0 saturated carbocycles. The first-order valence-electron chi connectivity index (χ1n) is 5.49. The SMILES string of the molecule is CN(C(=O)c1cncc(Cl)n1)c1ccc([N+](=O)[O-])cc1. The number of carbonyl (C=O) groups is 1. The Balaban J connectivity index is 2.24. The van der Waals surface area contributed by atoms with E-state index < -0.39 is 10.8 Å². The zero-order chi connectivity index (χ0) is 14.7. The largest absolute Gasteiger partial charge is 0.310 e. The third-order valence-corrected chi connectivity index (χ3v) is 2.76. The Bertz CT molecular complexity index is 660. The van der Waals surface area contributed by atoms with Gasteiger partial charge in [-0.15, -0.1) is 0 Å². The topological polar surface area (TPSA) is 89.2 Å². The average molecular weight is 293 g/mol. The number of anilines is 1. The number of aromatic nitrogens is 2. The number of carbonyl (C=O) groups excluding carboxylic acids is 1. The van der Waals surface area contributed by atoms with Crippen LogP contribution >= 0.6 is 11.6 Å². The van der Waals surface area contributed by atoms with Crippen molar-refractivity contribution in [2.24, 2.45) is 0 Å². The molecule has 7 nitrogen and oxygen atoms in total. The van der Waals surface area contributed by atoms with E-state index in [4.69, 9.17) is 11.6 Å². The molecule has 0 atom stereocenters. The fourth-order valence-electron chi connectivity index (χ4n) is 1.53. The molecule has 1 aromatic heterocycles. The Kier molecular flexibility index (Phi) is 3.90. The first-order chi connectivity index (χ1) is 9.49. The highest BCUT2D eigenvalue weighted by Crippen LogP contribution is 2.19. The number of halogens is 1. The van der Waals surface area contributed by atoms with E-state index in [9.17, 15) is 14.9 Å². The van der Waals surface area contributed by atoms with Gasteiger partial charge in [-0.1, -0.05) is 11.6 Å². The van der Waals surface area contributed by atoms with Gasteiger partial charge in [0, 0.05) is 24.9 Å². The number of benzene rings is 1. The number of nitro groups is 1. The zero-order valence-corrected chi connectivity index (χ0v) is 11.1. The van der Waals surface area contributed by atoms with E-state index in [1.165, 1.54) is 48.6 Å². The van der Waals surface area contributed by atoms with Crippen LogP contribution in [0.2, 0.25) is 5.15 Å². The number of nitrogens with zero attached hydrogens (tertiary/aromatic N) is 4. The number of hydrogen-bond donors (Lipinski definition) is 0. The number of non-ortho nitro benzene ring substituents is 1. The number of rotatable bonds is 3. The highest BCUT2D eigenvalue weighted by Gasteiger charge is 2.16. The molecule has 0 N–H and O–H groups in total. The summed E-state index contributed by atoms with van der Waals surface area (Å²) in [6.45, 7) is 0. The molecule has 0 bridgehead atoms. The lowest BCUT2D eigenvalue weighted by Crippen LogP contribution is -2.27. The molecule has 20 heavy (non-hydrogen) atoms. The maximum atomic E-state index is 12.1. The van der Waals surface area contributed by atoms with Crippen molar-refractivity contribution in [3.05, 3.63) is 57.6 Å². The number of amides is 1. The van der Waals surface area contributed by atoms with Crippen LogP contribution in [0.4, 0.5) is 11.4 Å². The summed E-state index contributed by atoms with van der Waals surface area (Å²) >= 11 is 5.68. The summed E-state index contributed by atoms with van der Waals surface area (Å²) < 4.78 is 0. The van der Waals surface area contributed by atoms with Crippen molar-refractivity contribution >= 4 is 28.9 Å². The van der Waals surface area contributed by atoms with Crippen molar-refractivity contribution in [1.82, 2.24) is 9.97 Å². The van der Waals surface area contributed by atoms with Crippen molar-refractivity contribution in [3.8, 4) is 0 Å². The molecule has 0 saturated heterocycles. The maximum absolute atomic E-state index is 12.1. The van der Waals surface area contributed by atoms with Gasteiger partial charge in [-0.2, -0.15) is 0 Å². The van der Waals surface area contributed by atoms with Crippen LogP contribution in [0.5, 0.6) is 0 Å². The molecule has 8 heteroatoms. The summed E-state index contributed by atoms with van der Waals surface area (Å²) in [5.41, 5.74) is 0.554. The lowest BCUT2D eigenvalue weighted by atomic mass is 10.2. The highest BCUT2D eigenvalue weighted by molar-refractivity contribution is 6.29. The first-order valence-corrected chi connectivity index (χ1v) is 5.87. The minimum absolute atomic E-state index is 0.0443. The van der Waals surface area contributed by atoms with Crippen molar-refractivity contribution in [2.45, 2.75) is 0 Å². The van der Waals surface area contributed by atoms with Gasteiger partial charge in [0.05, 0.1) is 17.3 Å². The molecular formula is C12H9ClN4O3. The van der Waals surface area contributed by atoms with Gasteiger partial charge in [0.2, 0.25) is 0 Å². The van der Waals surface area contributed by atoms with Crippen molar-refractivity contribution < 1.29 is 9.72 Å². The van der Waals surface area contributed by atoms with Gasteiger partial charge < -0.3 is 4.90 Å². The molecular weight excluding hydrogens is 284 g/mol. The quantitative estimate of drug-likeness (QED) is 0.639. The number of hydrogen-bond acceptors (Lipinski definition) is 5. The molecule has 0 aliphatic rings. The van der Waals surface area contributed by atoms with Gasteiger partial charge in [-0.25, -0.2) is 4.98 Å². The minimum atomic E-state index is -0.506. The molecule has 1 amide bonds. The predicted molar refractivity (Wildman–Crippen MR) is 72.9 cm³/mol. The van der Waals surface area contributed by atoms with E-state index in [-0.39, 0.29) is 16.5 Å². The summed E-state index contributed by atoms with van der Waals surface area (Å²) in [4.78, 5) is 31.2. The third-order valence-electron chi connectivity index (χ3n) is 2.58. The van der Waals surface area contributed by atoms with Crippen molar-refractivity contribution in [2.75, 3.05) is 11.9 Å². The third kappa shape index (κ3) is 2.89. The van der Waals surface area contributed by atoms with Gasteiger partial charge in [-0.3, -0.25) is 19.9 Å². The Morgan fingerprint density at radius 1 is 1.30 bits per heavy atom. The van der Waals surface area contributed by atoms with Gasteiger partial charge >= 0.3 is 0 Å². The fraction of sp³-hybridized carbons (Fsp3) is 0.0833. The number of nitro benzene ring substituents is 1. The van der Waals surface area contributed by atoms with E-state index in [2.05, 4.69) is 9.97 Å². The van der Waals surface area contributed by atoms with Crippen LogP contribution in [0.1, 0.15) is 10.5 Å². The van der Waals surface area contributed by atoms with Crippen LogP contribution < -0.4 is 4.90 Å². The summed E-state index contributed by atoms with van der Waals surface area (Å²) in [6.07, 6.45) is 2.63. The van der Waals surface area contributed by atoms with Crippen LogP contribution in [-0.4, -0.2) is 27.8 Å². The zero-order valence-electron chi connectivity index (χ0n) is 10.4. The van der Waals surface area contributed by atoms with E-state index in [1.807, 2.05) is 0 Å². The van der Waals surface area contributed by atoms with E-state index in [1.54, 1.807) is 0 Å². The second-order valence-electron chi connectivity index (χ2n) is 3.86. The van der Waals surface area contributed by atoms with Crippen LogP contribution in [0.15, 0.2) is 36.7 Å².